The molecule has 1 aliphatic heterocycles. The molecule has 0 radical (unpaired) electrons. The molecule has 6 rings (SSSR count). The monoisotopic (exact) mass is 314 g/mol. The van der Waals surface area contributed by atoms with Crippen molar-refractivity contribution < 1.29 is 9.21 Å². The fourth-order valence-electron chi connectivity index (χ4n) is 6.27. The van der Waals surface area contributed by atoms with E-state index in [-0.39, 0.29) is 5.91 Å². The highest BCUT2D eigenvalue weighted by Gasteiger charge is 2.50. The molecule has 1 saturated heterocycles. The standard InChI is InChI=1S/C19H26N2O2/c22-19(17-2-1-7-23-17)21-5-3-20(4-6-21)18-15-9-13-8-14(11-15)12-16(18)10-13/h1-2,7,13-16,18H,3-6,8-12H2. The van der Waals surface area contributed by atoms with Crippen molar-refractivity contribution in [1.82, 2.24) is 9.80 Å². The molecule has 23 heavy (non-hydrogen) atoms. The van der Waals surface area contributed by atoms with E-state index >= 15 is 0 Å². The van der Waals surface area contributed by atoms with Gasteiger partial charge in [0.2, 0.25) is 0 Å². The number of hydrogen-bond acceptors (Lipinski definition) is 3. The van der Waals surface area contributed by atoms with E-state index in [9.17, 15) is 4.79 Å². The van der Waals surface area contributed by atoms with Crippen LogP contribution in [-0.4, -0.2) is 47.9 Å². The predicted octanol–water partition coefficient (Wildman–Crippen LogP) is 2.86. The van der Waals surface area contributed by atoms with Gasteiger partial charge in [-0.05, 0) is 67.9 Å². The van der Waals surface area contributed by atoms with Crippen molar-refractivity contribution in [3.8, 4) is 0 Å². The Bertz CT molecular complexity index is 546. The molecule has 4 aliphatic carbocycles. The van der Waals surface area contributed by atoms with Crippen LogP contribution >= 0.6 is 0 Å². The molecule has 4 saturated carbocycles. The van der Waals surface area contributed by atoms with E-state index in [1.54, 1.807) is 18.4 Å². The van der Waals surface area contributed by atoms with Crippen molar-refractivity contribution in [3.63, 3.8) is 0 Å². The number of rotatable bonds is 2. The van der Waals surface area contributed by atoms with Crippen molar-refractivity contribution in [2.24, 2.45) is 23.7 Å². The molecule has 1 aromatic rings. The molecule has 0 unspecified atom stereocenters. The molecular formula is C19H26N2O2. The van der Waals surface area contributed by atoms with E-state index in [1.807, 2.05) is 4.90 Å². The Morgan fingerprint density at radius 2 is 1.61 bits per heavy atom. The number of carbonyl (C=O) groups is 1. The number of amides is 1. The summed E-state index contributed by atoms with van der Waals surface area (Å²) in [6.07, 6.45) is 9.00. The zero-order chi connectivity index (χ0) is 15.4. The van der Waals surface area contributed by atoms with E-state index in [1.165, 1.54) is 32.1 Å². The Morgan fingerprint density at radius 1 is 0.957 bits per heavy atom. The predicted molar refractivity (Wildman–Crippen MR) is 87.0 cm³/mol. The molecule has 5 aliphatic rings. The highest BCUT2D eigenvalue weighted by atomic mass is 16.3. The first-order chi connectivity index (χ1) is 11.3. The molecule has 1 aromatic heterocycles. The Hall–Kier alpha value is -1.29. The second kappa shape index (κ2) is 5.37. The molecule has 0 spiro atoms. The summed E-state index contributed by atoms with van der Waals surface area (Å²) in [5.74, 6) is 4.50. The Labute approximate surface area is 137 Å². The lowest BCUT2D eigenvalue weighted by Crippen LogP contribution is -2.60. The fourth-order valence-corrected chi connectivity index (χ4v) is 6.27. The molecule has 5 fully saturated rings. The van der Waals surface area contributed by atoms with Gasteiger partial charge in [0.05, 0.1) is 6.26 Å². The third-order valence-corrected chi connectivity index (χ3v) is 6.93. The number of hydrogen-bond donors (Lipinski definition) is 0. The third-order valence-electron chi connectivity index (χ3n) is 6.93. The molecule has 0 atom stereocenters. The topological polar surface area (TPSA) is 36.7 Å². The van der Waals surface area contributed by atoms with Gasteiger partial charge in [0.25, 0.3) is 5.91 Å². The van der Waals surface area contributed by atoms with Crippen LogP contribution in [0.1, 0.15) is 42.7 Å². The molecule has 4 nitrogen and oxygen atoms in total. The van der Waals surface area contributed by atoms with E-state index in [2.05, 4.69) is 4.90 Å². The normalized spacial score (nSPS) is 39.8. The summed E-state index contributed by atoms with van der Waals surface area (Å²) in [6, 6.07) is 4.37. The van der Waals surface area contributed by atoms with Gasteiger partial charge in [-0.25, -0.2) is 0 Å². The second-order valence-electron chi connectivity index (χ2n) is 8.23. The second-order valence-corrected chi connectivity index (χ2v) is 8.23. The number of nitrogens with zero attached hydrogens (tertiary/aromatic N) is 2. The van der Waals surface area contributed by atoms with Crippen molar-refractivity contribution in [2.75, 3.05) is 26.2 Å². The summed E-state index contributed by atoms with van der Waals surface area (Å²) in [5.41, 5.74) is 0. The van der Waals surface area contributed by atoms with Crippen LogP contribution in [0.15, 0.2) is 22.8 Å². The van der Waals surface area contributed by atoms with Gasteiger partial charge in [0.15, 0.2) is 5.76 Å². The molecule has 0 aromatic carbocycles. The van der Waals surface area contributed by atoms with Crippen LogP contribution in [0.25, 0.3) is 0 Å². The zero-order valence-corrected chi connectivity index (χ0v) is 13.7. The quantitative estimate of drug-likeness (QED) is 0.842. The molecule has 1 amide bonds. The summed E-state index contributed by atoms with van der Waals surface area (Å²) in [4.78, 5) is 17.1. The van der Waals surface area contributed by atoms with Crippen LogP contribution in [0, 0.1) is 23.7 Å². The molecule has 124 valence electrons. The van der Waals surface area contributed by atoms with Gasteiger partial charge in [0, 0.05) is 32.2 Å². The molecule has 0 N–H and O–H groups in total. The SMILES string of the molecule is O=C(c1ccco1)N1CCN(C2C3CC4CC(C3)CC2C4)CC1. The van der Waals surface area contributed by atoms with E-state index < -0.39 is 0 Å². The maximum Gasteiger partial charge on any atom is 0.289 e. The van der Waals surface area contributed by atoms with Crippen LogP contribution in [0.2, 0.25) is 0 Å². The summed E-state index contributed by atoms with van der Waals surface area (Å²) in [7, 11) is 0. The highest BCUT2D eigenvalue weighted by molar-refractivity contribution is 5.91. The van der Waals surface area contributed by atoms with Crippen molar-refractivity contribution in [2.45, 2.75) is 38.1 Å². The van der Waals surface area contributed by atoms with Gasteiger partial charge < -0.3 is 9.32 Å². The minimum atomic E-state index is 0.0553. The van der Waals surface area contributed by atoms with Crippen LogP contribution in [-0.2, 0) is 0 Å². The lowest BCUT2D eigenvalue weighted by molar-refractivity contribution is -0.0744. The highest BCUT2D eigenvalue weighted by Crippen LogP contribution is 2.55. The van der Waals surface area contributed by atoms with E-state index in [4.69, 9.17) is 4.42 Å². The lowest BCUT2D eigenvalue weighted by atomic mass is 9.54. The Balaban J connectivity index is 1.24. The number of piperazine rings is 1. The van der Waals surface area contributed by atoms with Gasteiger partial charge in [-0.1, -0.05) is 0 Å². The van der Waals surface area contributed by atoms with Gasteiger partial charge in [-0.2, -0.15) is 0 Å². The summed E-state index contributed by atoms with van der Waals surface area (Å²) in [5, 5.41) is 0. The van der Waals surface area contributed by atoms with Crippen LogP contribution in [0.5, 0.6) is 0 Å². The summed E-state index contributed by atoms with van der Waals surface area (Å²) < 4.78 is 5.26. The van der Waals surface area contributed by atoms with E-state index in [0.717, 1.165) is 55.9 Å². The van der Waals surface area contributed by atoms with Crippen molar-refractivity contribution in [3.05, 3.63) is 24.2 Å². The average Bonchev–Trinajstić information content (AvgIpc) is 3.08. The number of furan rings is 1. The smallest absolute Gasteiger partial charge is 0.289 e. The van der Waals surface area contributed by atoms with Crippen molar-refractivity contribution in [1.29, 1.82) is 0 Å². The minimum Gasteiger partial charge on any atom is -0.459 e. The van der Waals surface area contributed by atoms with E-state index in [0.29, 0.717) is 5.76 Å². The Morgan fingerprint density at radius 3 is 2.17 bits per heavy atom. The first kappa shape index (κ1) is 14.1. The van der Waals surface area contributed by atoms with Crippen LogP contribution in [0.4, 0.5) is 0 Å². The molecule has 4 bridgehead atoms. The third kappa shape index (κ3) is 2.34. The zero-order valence-electron chi connectivity index (χ0n) is 13.7. The van der Waals surface area contributed by atoms with Crippen LogP contribution < -0.4 is 0 Å². The van der Waals surface area contributed by atoms with Gasteiger partial charge in [-0.3, -0.25) is 9.69 Å². The van der Waals surface area contributed by atoms with Crippen molar-refractivity contribution >= 4 is 5.91 Å². The Kier molecular flexibility index (Phi) is 3.29. The minimum absolute atomic E-state index is 0.0553. The van der Waals surface area contributed by atoms with Crippen LogP contribution in [0.3, 0.4) is 0 Å². The molecule has 4 heteroatoms. The lowest BCUT2D eigenvalue weighted by Gasteiger charge is -2.58. The number of carbonyl (C=O) groups excluding carboxylic acids is 1. The van der Waals surface area contributed by atoms with Gasteiger partial charge in [0.1, 0.15) is 0 Å². The summed E-state index contributed by atoms with van der Waals surface area (Å²) >= 11 is 0. The summed E-state index contributed by atoms with van der Waals surface area (Å²) in [6.45, 7) is 3.78. The maximum atomic E-state index is 12.4. The largest absolute Gasteiger partial charge is 0.459 e. The van der Waals surface area contributed by atoms with Gasteiger partial charge >= 0.3 is 0 Å². The molecule has 2 heterocycles. The average molecular weight is 314 g/mol. The molecular weight excluding hydrogens is 288 g/mol. The fraction of sp³-hybridized carbons (Fsp3) is 0.737. The maximum absolute atomic E-state index is 12.4. The first-order valence-corrected chi connectivity index (χ1v) is 9.35. The van der Waals surface area contributed by atoms with Gasteiger partial charge in [-0.15, -0.1) is 0 Å². The first-order valence-electron chi connectivity index (χ1n) is 9.35.